The van der Waals surface area contributed by atoms with E-state index < -0.39 is 0 Å². The molecule has 0 saturated carbocycles. The number of anilines is 1. The highest BCUT2D eigenvalue weighted by Gasteiger charge is 2.02. The first kappa shape index (κ1) is 10.3. The van der Waals surface area contributed by atoms with Crippen molar-refractivity contribution in [3.05, 3.63) is 40.9 Å². The van der Waals surface area contributed by atoms with Gasteiger partial charge >= 0.3 is 0 Å². The summed E-state index contributed by atoms with van der Waals surface area (Å²) < 4.78 is 1.13. The van der Waals surface area contributed by atoms with Crippen LogP contribution in [0.1, 0.15) is 5.56 Å². The summed E-state index contributed by atoms with van der Waals surface area (Å²) in [5.41, 5.74) is 2.53. The predicted octanol–water partition coefficient (Wildman–Crippen LogP) is 3.38. The molecule has 0 heterocycles. The molecule has 0 radical (unpaired) electrons. The lowest BCUT2D eigenvalue weighted by Crippen LogP contribution is -2.17. The van der Waals surface area contributed by atoms with E-state index in [1.54, 1.807) is 0 Å². The molecule has 0 aliphatic heterocycles. The van der Waals surface area contributed by atoms with Crippen molar-refractivity contribution in [1.82, 2.24) is 0 Å². The van der Waals surface area contributed by atoms with Gasteiger partial charge in [-0.25, -0.2) is 0 Å². The summed E-state index contributed by atoms with van der Waals surface area (Å²) >= 11 is 3.45. The zero-order valence-electron chi connectivity index (χ0n) is 8.05. The maximum Gasteiger partial charge on any atom is 0.0396 e. The van der Waals surface area contributed by atoms with Gasteiger partial charge < -0.3 is 4.90 Å². The first-order chi connectivity index (χ1) is 6.15. The van der Waals surface area contributed by atoms with Crippen LogP contribution in [0.4, 0.5) is 5.69 Å². The third kappa shape index (κ3) is 2.59. The summed E-state index contributed by atoms with van der Waals surface area (Å²) in [7, 11) is 2.07. The summed E-state index contributed by atoms with van der Waals surface area (Å²) in [5.74, 6) is 0. The van der Waals surface area contributed by atoms with Gasteiger partial charge in [0.15, 0.2) is 0 Å². The fourth-order valence-electron chi connectivity index (χ4n) is 1.34. The van der Waals surface area contributed by atoms with Crippen LogP contribution in [-0.4, -0.2) is 13.6 Å². The van der Waals surface area contributed by atoms with E-state index in [4.69, 9.17) is 0 Å². The van der Waals surface area contributed by atoms with Gasteiger partial charge in [-0.3, -0.25) is 0 Å². The third-order valence-electron chi connectivity index (χ3n) is 1.97. The summed E-state index contributed by atoms with van der Waals surface area (Å²) in [6, 6.07) is 6.29. The molecule has 0 N–H and O–H groups in total. The monoisotopic (exact) mass is 239 g/mol. The van der Waals surface area contributed by atoms with E-state index in [9.17, 15) is 0 Å². The van der Waals surface area contributed by atoms with Crippen LogP contribution in [0.3, 0.4) is 0 Å². The highest BCUT2D eigenvalue weighted by molar-refractivity contribution is 9.10. The van der Waals surface area contributed by atoms with Crippen molar-refractivity contribution in [2.24, 2.45) is 0 Å². The highest BCUT2D eigenvalue weighted by atomic mass is 79.9. The van der Waals surface area contributed by atoms with E-state index in [0.29, 0.717) is 0 Å². The molecule has 0 unspecified atom stereocenters. The molecular weight excluding hydrogens is 226 g/mol. The number of halogens is 1. The van der Waals surface area contributed by atoms with Crippen LogP contribution in [0.25, 0.3) is 0 Å². The third-order valence-corrected chi connectivity index (χ3v) is 2.47. The van der Waals surface area contributed by atoms with Crippen molar-refractivity contribution >= 4 is 21.6 Å². The summed E-state index contributed by atoms with van der Waals surface area (Å²) in [5, 5.41) is 0. The molecule has 0 bridgehead atoms. The Bertz CT molecular complexity index is 307. The Labute approximate surface area is 88.2 Å². The van der Waals surface area contributed by atoms with Crippen LogP contribution < -0.4 is 4.90 Å². The zero-order valence-corrected chi connectivity index (χ0v) is 9.63. The SMILES string of the molecule is C=CCN(C)c1ccc(Br)cc1C. The molecule has 0 aliphatic carbocycles. The Hall–Kier alpha value is -0.760. The van der Waals surface area contributed by atoms with Crippen molar-refractivity contribution in [2.45, 2.75) is 6.92 Å². The van der Waals surface area contributed by atoms with Crippen molar-refractivity contribution in [3.63, 3.8) is 0 Å². The predicted molar refractivity (Wildman–Crippen MR) is 62.3 cm³/mol. The van der Waals surface area contributed by atoms with E-state index in [1.165, 1.54) is 11.3 Å². The number of likely N-dealkylation sites (N-methyl/N-ethyl adjacent to an activating group) is 1. The number of nitrogens with zero attached hydrogens (tertiary/aromatic N) is 1. The Balaban J connectivity index is 2.94. The van der Waals surface area contributed by atoms with Gasteiger partial charge in [0, 0.05) is 23.8 Å². The largest absolute Gasteiger partial charge is 0.371 e. The molecule has 0 atom stereocenters. The molecule has 2 heteroatoms. The average molecular weight is 240 g/mol. The lowest BCUT2D eigenvalue weighted by molar-refractivity contribution is 1.02. The van der Waals surface area contributed by atoms with Crippen LogP contribution in [0, 0.1) is 6.92 Å². The molecule has 0 aromatic heterocycles. The molecule has 70 valence electrons. The Morgan fingerprint density at radius 3 is 2.77 bits per heavy atom. The van der Waals surface area contributed by atoms with E-state index >= 15 is 0 Å². The van der Waals surface area contributed by atoms with E-state index in [-0.39, 0.29) is 0 Å². The molecule has 0 fully saturated rings. The second-order valence-corrected chi connectivity index (χ2v) is 4.02. The van der Waals surface area contributed by atoms with Crippen LogP contribution in [0.5, 0.6) is 0 Å². The lowest BCUT2D eigenvalue weighted by atomic mass is 10.2. The maximum atomic E-state index is 3.72. The van der Waals surface area contributed by atoms with Gasteiger partial charge in [0.1, 0.15) is 0 Å². The van der Waals surface area contributed by atoms with E-state index in [1.807, 2.05) is 6.08 Å². The van der Waals surface area contributed by atoms with Gasteiger partial charge in [-0.1, -0.05) is 22.0 Å². The van der Waals surface area contributed by atoms with Crippen LogP contribution in [0.15, 0.2) is 35.3 Å². The Morgan fingerprint density at radius 1 is 1.54 bits per heavy atom. The molecule has 0 spiro atoms. The number of hydrogen-bond donors (Lipinski definition) is 0. The minimum atomic E-state index is 0.877. The topological polar surface area (TPSA) is 3.24 Å². The smallest absolute Gasteiger partial charge is 0.0396 e. The van der Waals surface area contributed by atoms with Crippen molar-refractivity contribution in [1.29, 1.82) is 0 Å². The van der Waals surface area contributed by atoms with Gasteiger partial charge in [0.05, 0.1) is 0 Å². The fourth-order valence-corrected chi connectivity index (χ4v) is 1.81. The minimum Gasteiger partial charge on any atom is -0.371 e. The molecule has 1 nitrogen and oxygen atoms in total. The zero-order chi connectivity index (χ0) is 9.84. The van der Waals surface area contributed by atoms with Gasteiger partial charge in [-0.2, -0.15) is 0 Å². The summed E-state index contributed by atoms with van der Waals surface area (Å²) in [6.07, 6.45) is 1.90. The molecule has 0 amide bonds. The Kier molecular flexibility index (Phi) is 3.55. The second-order valence-electron chi connectivity index (χ2n) is 3.10. The normalized spacial score (nSPS) is 9.77. The van der Waals surface area contributed by atoms with Crippen LogP contribution in [-0.2, 0) is 0 Å². The second kappa shape index (κ2) is 4.47. The van der Waals surface area contributed by atoms with Crippen molar-refractivity contribution in [3.8, 4) is 0 Å². The van der Waals surface area contributed by atoms with Gasteiger partial charge in [0.2, 0.25) is 0 Å². The number of benzene rings is 1. The quantitative estimate of drug-likeness (QED) is 0.732. The van der Waals surface area contributed by atoms with Gasteiger partial charge in [-0.05, 0) is 30.7 Å². The maximum absolute atomic E-state index is 3.72. The standard InChI is InChI=1S/C11H14BrN/c1-4-7-13(3)11-6-5-10(12)8-9(11)2/h4-6,8H,1,7H2,2-3H3. The minimum absolute atomic E-state index is 0.877. The van der Waals surface area contributed by atoms with E-state index in [0.717, 1.165) is 11.0 Å². The van der Waals surface area contributed by atoms with Gasteiger partial charge in [-0.15, -0.1) is 6.58 Å². The molecule has 1 aromatic carbocycles. The fraction of sp³-hybridized carbons (Fsp3) is 0.273. The summed E-state index contributed by atoms with van der Waals surface area (Å²) in [6.45, 7) is 6.71. The number of rotatable bonds is 3. The van der Waals surface area contributed by atoms with Crippen LogP contribution >= 0.6 is 15.9 Å². The van der Waals surface area contributed by atoms with Gasteiger partial charge in [0.25, 0.3) is 0 Å². The molecule has 1 rings (SSSR count). The number of aryl methyl sites for hydroxylation is 1. The Morgan fingerprint density at radius 2 is 2.23 bits per heavy atom. The summed E-state index contributed by atoms with van der Waals surface area (Å²) in [4.78, 5) is 2.18. The molecule has 13 heavy (non-hydrogen) atoms. The highest BCUT2D eigenvalue weighted by Crippen LogP contribution is 2.22. The van der Waals surface area contributed by atoms with Crippen LogP contribution in [0.2, 0.25) is 0 Å². The van der Waals surface area contributed by atoms with Crippen molar-refractivity contribution < 1.29 is 0 Å². The molecule has 1 aromatic rings. The average Bonchev–Trinajstić information content (AvgIpc) is 2.04. The number of hydrogen-bond acceptors (Lipinski definition) is 1. The lowest BCUT2D eigenvalue weighted by Gasteiger charge is -2.19. The molecular formula is C11H14BrN. The molecule has 0 saturated heterocycles. The van der Waals surface area contributed by atoms with Crippen molar-refractivity contribution in [2.75, 3.05) is 18.5 Å². The first-order valence-electron chi connectivity index (χ1n) is 4.23. The molecule has 0 aliphatic rings. The van der Waals surface area contributed by atoms with E-state index in [2.05, 4.69) is 59.6 Å². The first-order valence-corrected chi connectivity index (χ1v) is 5.02.